The van der Waals surface area contributed by atoms with Gasteiger partial charge in [0.05, 0.1) is 22.3 Å². The number of benzene rings is 1. The van der Waals surface area contributed by atoms with Gasteiger partial charge < -0.3 is 12.4 Å². The Hall–Kier alpha value is -0.250. The highest BCUT2D eigenvalue weighted by molar-refractivity contribution is 7.97. The smallest absolute Gasteiger partial charge is 0.123 e. The van der Waals surface area contributed by atoms with E-state index in [-0.39, 0.29) is 23.5 Å². The fourth-order valence-electron chi connectivity index (χ4n) is 2.20. The van der Waals surface area contributed by atoms with E-state index in [9.17, 15) is 0 Å². The van der Waals surface area contributed by atoms with Crippen LogP contribution >= 0.6 is 11.8 Å². The molecular formula is C13H18ClNS2. The van der Waals surface area contributed by atoms with Gasteiger partial charge in [0.1, 0.15) is 12.5 Å². The fraction of sp³-hybridized carbons (Fsp3) is 0.385. The third kappa shape index (κ3) is 2.61. The molecule has 4 heteroatoms. The normalized spacial score (nSPS) is 10.9. The van der Waals surface area contributed by atoms with Crippen molar-refractivity contribution in [3.05, 3.63) is 35.5 Å². The standard InChI is InChI=1S/C13H18NS2.ClH/c1-10-12(9-15-2)11-7-5-6-8-13(11)14(10)16(3)4;/h5-8H,9H2,1-4H3;1H/q+1;/p-1. The Labute approximate surface area is 117 Å². The molecule has 0 spiro atoms. The summed E-state index contributed by atoms with van der Waals surface area (Å²) in [5, 5.41) is 1.43. The molecule has 2 aromatic rings. The van der Waals surface area contributed by atoms with E-state index >= 15 is 0 Å². The Morgan fingerprint density at radius 3 is 2.47 bits per heavy atom. The van der Waals surface area contributed by atoms with Crippen LogP contribution in [0.4, 0.5) is 0 Å². The molecule has 0 N–H and O–H groups in total. The molecule has 0 radical (unpaired) electrons. The van der Waals surface area contributed by atoms with Crippen molar-refractivity contribution >= 4 is 33.7 Å². The summed E-state index contributed by atoms with van der Waals surface area (Å²) in [7, 11) is 0. The van der Waals surface area contributed by atoms with Crippen molar-refractivity contribution in [1.29, 1.82) is 0 Å². The topological polar surface area (TPSA) is 4.93 Å². The number of thioether (sulfide) groups is 1. The van der Waals surface area contributed by atoms with Gasteiger partial charge in [-0.2, -0.15) is 15.7 Å². The first-order valence-corrected chi connectivity index (χ1v) is 8.72. The molecule has 1 nitrogen and oxygen atoms in total. The Morgan fingerprint density at radius 1 is 1.24 bits per heavy atom. The van der Waals surface area contributed by atoms with Gasteiger partial charge in [0.2, 0.25) is 0 Å². The first-order chi connectivity index (χ1) is 7.66. The van der Waals surface area contributed by atoms with Gasteiger partial charge in [-0.3, -0.25) is 0 Å². The van der Waals surface area contributed by atoms with Gasteiger partial charge in [-0.15, -0.1) is 0 Å². The van der Waals surface area contributed by atoms with Crippen LogP contribution in [0, 0.1) is 6.92 Å². The first-order valence-electron chi connectivity index (χ1n) is 5.32. The van der Waals surface area contributed by atoms with Crippen molar-refractivity contribution in [2.45, 2.75) is 12.7 Å². The van der Waals surface area contributed by atoms with Crippen LogP contribution in [0.15, 0.2) is 24.3 Å². The molecule has 0 fully saturated rings. The highest BCUT2D eigenvalue weighted by atomic mass is 35.5. The highest BCUT2D eigenvalue weighted by Crippen LogP contribution is 2.29. The van der Waals surface area contributed by atoms with Gasteiger partial charge in [-0.05, 0) is 24.8 Å². The van der Waals surface area contributed by atoms with Crippen LogP contribution in [0.1, 0.15) is 11.3 Å². The SMILES string of the molecule is CSCc1c(C)n([S+](C)C)c2ccccc12.[Cl-]. The third-order valence-electron chi connectivity index (χ3n) is 2.84. The summed E-state index contributed by atoms with van der Waals surface area (Å²) in [4.78, 5) is 0. The lowest BCUT2D eigenvalue weighted by atomic mass is 10.1. The molecule has 17 heavy (non-hydrogen) atoms. The largest absolute Gasteiger partial charge is 1.00 e. The summed E-state index contributed by atoms with van der Waals surface area (Å²) in [6.07, 6.45) is 6.73. The van der Waals surface area contributed by atoms with Gasteiger partial charge in [0.15, 0.2) is 0 Å². The number of aromatic nitrogens is 1. The maximum atomic E-state index is 2.47. The van der Waals surface area contributed by atoms with Crippen molar-refractivity contribution in [2.24, 2.45) is 0 Å². The van der Waals surface area contributed by atoms with Crippen molar-refractivity contribution in [3.8, 4) is 0 Å². The minimum Gasteiger partial charge on any atom is -1.00 e. The number of hydrogen-bond donors (Lipinski definition) is 0. The van der Waals surface area contributed by atoms with E-state index in [1.807, 2.05) is 11.8 Å². The zero-order valence-corrected chi connectivity index (χ0v) is 13.0. The van der Waals surface area contributed by atoms with E-state index in [0.717, 1.165) is 5.75 Å². The molecular weight excluding hydrogens is 270 g/mol. The van der Waals surface area contributed by atoms with Crippen molar-refractivity contribution in [1.82, 2.24) is 3.97 Å². The molecule has 0 aliphatic heterocycles. The van der Waals surface area contributed by atoms with Crippen LogP contribution < -0.4 is 12.4 Å². The number of halogens is 1. The molecule has 0 unspecified atom stereocenters. The summed E-state index contributed by atoms with van der Waals surface area (Å²) in [5.41, 5.74) is 4.32. The van der Waals surface area contributed by atoms with E-state index in [1.54, 1.807) is 0 Å². The predicted molar refractivity (Wildman–Crippen MR) is 78.5 cm³/mol. The summed E-state index contributed by atoms with van der Waals surface area (Å²) < 4.78 is 2.47. The quantitative estimate of drug-likeness (QED) is 0.743. The summed E-state index contributed by atoms with van der Waals surface area (Å²) in [6.45, 7) is 2.25. The second kappa shape index (κ2) is 6.07. The van der Waals surface area contributed by atoms with Crippen LogP contribution in [0.3, 0.4) is 0 Å². The van der Waals surface area contributed by atoms with Crippen molar-refractivity contribution in [3.63, 3.8) is 0 Å². The molecule has 2 rings (SSSR count). The van der Waals surface area contributed by atoms with E-state index < -0.39 is 0 Å². The van der Waals surface area contributed by atoms with Gasteiger partial charge in [-0.25, -0.2) is 0 Å². The Morgan fingerprint density at radius 2 is 1.88 bits per heavy atom. The van der Waals surface area contributed by atoms with Crippen molar-refractivity contribution in [2.75, 3.05) is 18.8 Å². The second-order valence-corrected chi connectivity index (χ2v) is 6.86. The Bertz CT molecular complexity index is 505. The van der Waals surface area contributed by atoms with E-state index in [0.29, 0.717) is 0 Å². The second-order valence-electron chi connectivity index (χ2n) is 4.08. The first kappa shape index (κ1) is 14.8. The van der Waals surface area contributed by atoms with Gasteiger partial charge in [-0.1, -0.05) is 18.2 Å². The van der Waals surface area contributed by atoms with E-state index in [1.165, 1.54) is 22.2 Å². The van der Waals surface area contributed by atoms with E-state index in [4.69, 9.17) is 0 Å². The lowest BCUT2D eigenvalue weighted by Gasteiger charge is -2.02. The molecule has 0 atom stereocenters. The average molecular weight is 288 g/mol. The average Bonchev–Trinajstić information content (AvgIpc) is 2.53. The van der Waals surface area contributed by atoms with Crippen LogP contribution in [0.25, 0.3) is 10.9 Å². The molecule has 0 bridgehead atoms. The molecule has 1 aromatic carbocycles. The molecule has 0 amide bonds. The molecule has 0 aliphatic rings. The van der Waals surface area contributed by atoms with Crippen molar-refractivity contribution < 1.29 is 12.4 Å². The number of nitrogens with zero attached hydrogens (tertiary/aromatic N) is 1. The number of fused-ring (bicyclic) bond motifs is 1. The molecule has 1 aromatic heterocycles. The maximum absolute atomic E-state index is 2.47. The zero-order valence-electron chi connectivity index (χ0n) is 10.7. The van der Waals surface area contributed by atoms with Crippen LogP contribution in [0.2, 0.25) is 0 Å². The maximum Gasteiger partial charge on any atom is 0.123 e. The minimum absolute atomic E-state index is 0. The molecule has 1 heterocycles. The molecule has 0 saturated heterocycles. The van der Waals surface area contributed by atoms with Gasteiger partial charge >= 0.3 is 0 Å². The number of para-hydroxylation sites is 1. The molecule has 0 aliphatic carbocycles. The predicted octanol–water partition coefficient (Wildman–Crippen LogP) is 0.458. The van der Waals surface area contributed by atoms with Crippen LogP contribution in [-0.4, -0.2) is 22.7 Å². The van der Waals surface area contributed by atoms with E-state index in [2.05, 4.69) is 53.9 Å². The summed E-state index contributed by atoms with van der Waals surface area (Å²) in [5.74, 6) is 1.11. The number of hydrogen-bond acceptors (Lipinski definition) is 1. The monoisotopic (exact) mass is 287 g/mol. The zero-order chi connectivity index (χ0) is 11.7. The number of rotatable bonds is 3. The van der Waals surface area contributed by atoms with Crippen LogP contribution in [-0.2, 0) is 16.8 Å². The molecule has 0 saturated carbocycles. The third-order valence-corrected chi connectivity index (χ3v) is 4.62. The Kier molecular flexibility index (Phi) is 5.29. The van der Waals surface area contributed by atoms with Gasteiger partial charge in [0, 0.05) is 11.1 Å². The summed E-state index contributed by atoms with van der Waals surface area (Å²) in [6, 6.07) is 8.75. The molecule has 94 valence electrons. The van der Waals surface area contributed by atoms with Gasteiger partial charge in [0.25, 0.3) is 0 Å². The highest BCUT2D eigenvalue weighted by Gasteiger charge is 2.19. The lowest BCUT2D eigenvalue weighted by Crippen LogP contribution is -3.00. The fourth-order valence-corrected chi connectivity index (χ4v) is 4.06. The van der Waals surface area contributed by atoms with Crippen LogP contribution in [0.5, 0.6) is 0 Å². The summed E-state index contributed by atoms with van der Waals surface area (Å²) >= 11 is 2.16. The lowest BCUT2D eigenvalue weighted by molar-refractivity contribution is -0.00000349. The minimum atomic E-state index is 0. The Balaban J connectivity index is 0.00000144.